The minimum Gasteiger partial charge on any atom is -0.493 e. The molecule has 1 amide bonds. The summed E-state index contributed by atoms with van der Waals surface area (Å²) in [4.78, 5) is 28.2. The summed E-state index contributed by atoms with van der Waals surface area (Å²) in [7, 11) is 1.55. The van der Waals surface area contributed by atoms with Crippen molar-refractivity contribution in [3.05, 3.63) is 82.4 Å². The summed E-state index contributed by atoms with van der Waals surface area (Å²) in [6.45, 7) is 4.27. The van der Waals surface area contributed by atoms with Gasteiger partial charge in [-0.05, 0) is 42.0 Å². The van der Waals surface area contributed by atoms with Gasteiger partial charge in [-0.15, -0.1) is 0 Å². The van der Waals surface area contributed by atoms with Gasteiger partial charge in [0.2, 0.25) is 5.91 Å². The molecule has 1 saturated heterocycles. The molecule has 1 aliphatic heterocycles. The van der Waals surface area contributed by atoms with Crippen LogP contribution in [0.15, 0.2) is 60.7 Å². The van der Waals surface area contributed by atoms with E-state index in [1.54, 1.807) is 43.5 Å². The van der Waals surface area contributed by atoms with Crippen LogP contribution in [0.3, 0.4) is 0 Å². The van der Waals surface area contributed by atoms with E-state index in [-0.39, 0.29) is 24.6 Å². The van der Waals surface area contributed by atoms with Crippen molar-refractivity contribution in [2.45, 2.75) is 20.1 Å². The number of morpholine rings is 1. The zero-order valence-corrected chi connectivity index (χ0v) is 21.5. The van der Waals surface area contributed by atoms with E-state index in [0.29, 0.717) is 54.2 Å². The van der Waals surface area contributed by atoms with Crippen LogP contribution in [0.25, 0.3) is 0 Å². The Morgan fingerprint density at radius 3 is 2.49 bits per heavy atom. The van der Waals surface area contributed by atoms with E-state index in [9.17, 15) is 14.7 Å². The number of amides is 1. The second kappa shape index (κ2) is 12.0. The predicted octanol–water partition coefficient (Wildman–Crippen LogP) is 5.02. The van der Waals surface area contributed by atoms with Crippen LogP contribution in [-0.4, -0.2) is 50.4 Å². The van der Waals surface area contributed by atoms with Gasteiger partial charge in [0.1, 0.15) is 6.61 Å². The molecule has 3 aromatic carbocycles. The van der Waals surface area contributed by atoms with Crippen LogP contribution in [0, 0.1) is 0 Å². The van der Waals surface area contributed by atoms with Crippen molar-refractivity contribution >= 4 is 34.9 Å². The number of benzene rings is 3. The van der Waals surface area contributed by atoms with Crippen molar-refractivity contribution in [3.63, 3.8) is 0 Å². The molecule has 4 rings (SSSR count). The lowest BCUT2D eigenvalue weighted by molar-refractivity contribution is -0.116. The SMILES string of the molecule is COc1cc(CN(C(C)=O)c2ccc(N3CCOCC3)c(C(=O)O)c2)ccc1OCc1ccccc1Cl. The molecule has 9 heteroatoms. The first-order valence-electron chi connectivity index (χ1n) is 11.9. The molecule has 1 fully saturated rings. The van der Waals surface area contributed by atoms with Crippen LogP contribution in [0.2, 0.25) is 5.02 Å². The molecule has 0 aliphatic carbocycles. The fourth-order valence-electron chi connectivity index (χ4n) is 4.21. The Morgan fingerprint density at radius 1 is 1.05 bits per heavy atom. The van der Waals surface area contributed by atoms with E-state index in [2.05, 4.69) is 0 Å². The van der Waals surface area contributed by atoms with Gasteiger partial charge in [-0.1, -0.05) is 35.9 Å². The van der Waals surface area contributed by atoms with Gasteiger partial charge in [-0.3, -0.25) is 4.79 Å². The largest absolute Gasteiger partial charge is 0.493 e. The van der Waals surface area contributed by atoms with E-state index < -0.39 is 5.97 Å². The van der Waals surface area contributed by atoms with Crippen molar-refractivity contribution in [2.24, 2.45) is 0 Å². The number of halogens is 1. The highest BCUT2D eigenvalue weighted by atomic mass is 35.5. The van der Waals surface area contributed by atoms with Crippen molar-refractivity contribution < 1.29 is 28.9 Å². The molecule has 37 heavy (non-hydrogen) atoms. The summed E-state index contributed by atoms with van der Waals surface area (Å²) in [5.41, 5.74) is 2.91. The number of carbonyl (C=O) groups excluding carboxylic acids is 1. The maximum atomic E-state index is 12.6. The lowest BCUT2D eigenvalue weighted by Gasteiger charge is -2.31. The van der Waals surface area contributed by atoms with Gasteiger partial charge in [-0.2, -0.15) is 0 Å². The van der Waals surface area contributed by atoms with Crippen LogP contribution in [0.5, 0.6) is 11.5 Å². The molecule has 0 atom stereocenters. The molecule has 0 aromatic heterocycles. The van der Waals surface area contributed by atoms with Gasteiger partial charge in [0, 0.05) is 36.3 Å². The van der Waals surface area contributed by atoms with E-state index >= 15 is 0 Å². The lowest BCUT2D eigenvalue weighted by atomic mass is 10.1. The Morgan fingerprint density at radius 2 is 1.81 bits per heavy atom. The molecule has 0 bridgehead atoms. The van der Waals surface area contributed by atoms with Crippen molar-refractivity contribution in [2.75, 3.05) is 43.2 Å². The van der Waals surface area contributed by atoms with Crippen LogP contribution in [-0.2, 0) is 22.7 Å². The quantitative estimate of drug-likeness (QED) is 0.420. The third-order valence-electron chi connectivity index (χ3n) is 6.16. The van der Waals surface area contributed by atoms with Crippen LogP contribution < -0.4 is 19.3 Å². The van der Waals surface area contributed by atoms with Crippen LogP contribution >= 0.6 is 11.6 Å². The molecular formula is C28H29ClN2O6. The summed E-state index contributed by atoms with van der Waals surface area (Å²) >= 11 is 6.23. The Bertz CT molecular complexity index is 1280. The molecule has 1 N–H and O–H groups in total. The molecule has 1 aliphatic rings. The van der Waals surface area contributed by atoms with Crippen LogP contribution in [0.1, 0.15) is 28.4 Å². The number of aromatic carboxylic acids is 1. The third-order valence-corrected chi connectivity index (χ3v) is 6.53. The normalized spacial score (nSPS) is 13.2. The van der Waals surface area contributed by atoms with Gasteiger partial charge in [0.05, 0.1) is 38.1 Å². The van der Waals surface area contributed by atoms with E-state index in [4.69, 9.17) is 25.8 Å². The minimum absolute atomic E-state index is 0.145. The molecule has 0 spiro atoms. The van der Waals surface area contributed by atoms with E-state index in [0.717, 1.165) is 11.1 Å². The smallest absolute Gasteiger partial charge is 0.337 e. The van der Waals surface area contributed by atoms with Gasteiger partial charge in [-0.25, -0.2) is 4.79 Å². The Kier molecular flexibility index (Phi) is 8.53. The molecular weight excluding hydrogens is 496 g/mol. The highest BCUT2D eigenvalue weighted by molar-refractivity contribution is 6.31. The van der Waals surface area contributed by atoms with Crippen LogP contribution in [0.4, 0.5) is 11.4 Å². The molecule has 0 radical (unpaired) electrons. The summed E-state index contributed by atoms with van der Waals surface area (Å²) in [5.74, 6) is -0.201. The van der Waals surface area contributed by atoms with Gasteiger partial charge >= 0.3 is 5.97 Å². The fourth-order valence-corrected chi connectivity index (χ4v) is 4.40. The minimum atomic E-state index is -1.05. The average molecular weight is 525 g/mol. The van der Waals surface area contributed by atoms with E-state index in [1.807, 2.05) is 29.2 Å². The Labute approximate surface area is 220 Å². The van der Waals surface area contributed by atoms with Crippen molar-refractivity contribution in [1.29, 1.82) is 0 Å². The molecule has 3 aromatic rings. The Hall–Kier alpha value is -3.75. The Balaban J connectivity index is 1.55. The van der Waals surface area contributed by atoms with Gasteiger partial charge < -0.3 is 29.1 Å². The van der Waals surface area contributed by atoms with Gasteiger partial charge in [0.25, 0.3) is 0 Å². The van der Waals surface area contributed by atoms with Crippen molar-refractivity contribution in [1.82, 2.24) is 0 Å². The molecule has 194 valence electrons. The number of carboxylic acid groups (broad SMARTS) is 1. The van der Waals surface area contributed by atoms with Crippen molar-refractivity contribution in [3.8, 4) is 11.5 Å². The number of carbonyl (C=O) groups is 2. The zero-order chi connectivity index (χ0) is 26.4. The molecule has 0 unspecified atom stereocenters. The number of methoxy groups -OCH3 is 1. The first kappa shape index (κ1) is 26.3. The highest BCUT2D eigenvalue weighted by Crippen LogP contribution is 2.32. The maximum Gasteiger partial charge on any atom is 0.337 e. The number of nitrogens with zero attached hydrogens (tertiary/aromatic N) is 2. The third kappa shape index (κ3) is 6.34. The maximum absolute atomic E-state index is 12.6. The monoisotopic (exact) mass is 524 g/mol. The number of ether oxygens (including phenoxy) is 3. The summed E-state index contributed by atoms with van der Waals surface area (Å²) in [6, 6.07) is 18.0. The average Bonchev–Trinajstić information content (AvgIpc) is 2.91. The molecule has 0 saturated carbocycles. The lowest BCUT2D eigenvalue weighted by Crippen LogP contribution is -2.37. The number of hydrogen-bond donors (Lipinski definition) is 1. The second-order valence-corrected chi connectivity index (χ2v) is 8.98. The topological polar surface area (TPSA) is 88.5 Å². The summed E-state index contributed by atoms with van der Waals surface area (Å²) < 4.78 is 16.8. The number of hydrogen-bond acceptors (Lipinski definition) is 6. The first-order valence-corrected chi connectivity index (χ1v) is 12.3. The van der Waals surface area contributed by atoms with Gasteiger partial charge in [0.15, 0.2) is 11.5 Å². The predicted molar refractivity (Wildman–Crippen MR) is 142 cm³/mol. The summed E-state index contributed by atoms with van der Waals surface area (Å²) in [5, 5.41) is 10.5. The number of anilines is 2. The molecule has 1 heterocycles. The highest BCUT2D eigenvalue weighted by Gasteiger charge is 2.22. The first-order chi connectivity index (χ1) is 17.9. The molecule has 8 nitrogen and oxygen atoms in total. The second-order valence-electron chi connectivity index (χ2n) is 8.58. The summed E-state index contributed by atoms with van der Waals surface area (Å²) in [6.07, 6.45) is 0. The standard InChI is InChI=1S/C28H29ClN2O6/c1-19(32)31(22-8-9-25(23(16-22)28(33)34)30-11-13-36-14-12-30)17-20-7-10-26(27(15-20)35-2)37-18-21-5-3-4-6-24(21)29/h3-10,15-16H,11-14,17-18H2,1-2H3,(H,33,34). The fraction of sp³-hybridized carbons (Fsp3) is 0.286. The van der Waals surface area contributed by atoms with E-state index in [1.165, 1.54) is 11.8 Å². The number of carboxylic acids is 1. The zero-order valence-electron chi connectivity index (χ0n) is 20.8. The number of rotatable bonds is 9.